The lowest BCUT2D eigenvalue weighted by atomic mass is 10.2. The van der Waals surface area contributed by atoms with Crippen LogP contribution >= 0.6 is 0 Å². The first-order valence-corrected chi connectivity index (χ1v) is 7.15. The third-order valence-corrected chi connectivity index (χ3v) is 3.31. The zero-order chi connectivity index (χ0) is 14.5. The molecular weight excluding hydrogens is 256 g/mol. The highest BCUT2D eigenvalue weighted by Gasteiger charge is 2.18. The molecule has 1 aromatic rings. The quantitative estimate of drug-likeness (QED) is 0.858. The van der Waals surface area contributed by atoms with Gasteiger partial charge in [0.05, 0.1) is 12.7 Å². The second kappa shape index (κ2) is 6.85. The highest BCUT2D eigenvalue weighted by Crippen LogP contribution is 2.04. The predicted octanol–water partition coefficient (Wildman–Crippen LogP) is 0.642. The monoisotopic (exact) mass is 280 g/mol. The molecule has 2 rings (SSSR count). The number of hydrogen-bond acceptors (Lipinski definition) is 5. The second-order valence-corrected chi connectivity index (χ2v) is 5.76. The van der Waals surface area contributed by atoms with Crippen molar-refractivity contribution in [3.63, 3.8) is 0 Å². The van der Waals surface area contributed by atoms with E-state index in [1.165, 1.54) is 0 Å². The molecule has 1 N–H and O–H groups in total. The minimum atomic E-state index is -0.0645. The molecule has 1 unspecified atom stereocenters. The summed E-state index contributed by atoms with van der Waals surface area (Å²) in [5, 5.41) is 3.12. The van der Waals surface area contributed by atoms with Gasteiger partial charge in [-0.15, -0.1) is 0 Å². The second-order valence-electron chi connectivity index (χ2n) is 5.76. The summed E-state index contributed by atoms with van der Waals surface area (Å²) in [6.45, 7) is 8.07. The third kappa shape index (κ3) is 4.05. The number of morpholine rings is 1. The number of anilines is 1. The van der Waals surface area contributed by atoms with Crippen LogP contribution in [-0.4, -0.2) is 53.8 Å². The van der Waals surface area contributed by atoms with Crippen LogP contribution in [0, 0.1) is 5.92 Å². The summed E-state index contributed by atoms with van der Waals surface area (Å²) in [7, 11) is 2.08. The van der Waals surface area contributed by atoms with E-state index in [0.717, 1.165) is 19.7 Å². The Kier molecular flexibility index (Phi) is 5.14. The molecule has 1 saturated heterocycles. The number of nitrogens with one attached hydrogen (secondary N) is 1. The standard InChI is InChI=1S/C14H24N4O2/c1-11(2)9-18-5-4-15-13(14(18)19)16-8-12-10-17(3)6-7-20-12/h4-5,11-12H,6-10H2,1-3H3,(H,15,16). The summed E-state index contributed by atoms with van der Waals surface area (Å²) in [5.41, 5.74) is -0.0645. The molecule has 0 bridgehead atoms. The fraction of sp³-hybridized carbons (Fsp3) is 0.714. The Bertz CT molecular complexity index is 486. The first-order chi connectivity index (χ1) is 9.56. The maximum Gasteiger partial charge on any atom is 0.293 e. The molecule has 1 aromatic heterocycles. The van der Waals surface area contributed by atoms with Gasteiger partial charge in [-0.25, -0.2) is 4.98 Å². The van der Waals surface area contributed by atoms with E-state index in [0.29, 0.717) is 24.8 Å². The van der Waals surface area contributed by atoms with E-state index >= 15 is 0 Å². The van der Waals surface area contributed by atoms with Crippen molar-refractivity contribution >= 4 is 5.82 Å². The largest absolute Gasteiger partial charge is 0.374 e. The molecule has 0 spiro atoms. The van der Waals surface area contributed by atoms with Crippen molar-refractivity contribution < 1.29 is 4.74 Å². The van der Waals surface area contributed by atoms with Crippen molar-refractivity contribution in [1.82, 2.24) is 14.5 Å². The van der Waals surface area contributed by atoms with Crippen molar-refractivity contribution in [1.29, 1.82) is 0 Å². The van der Waals surface area contributed by atoms with Gasteiger partial charge in [0.15, 0.2) is 5.82 Å². The van der Waals surface area contributed by atoms with Crippen LogP contribution in [0.2, 0.25) is 0 Å². The van der Waals surface area contributed by atoms with E-state index in [2.05, 4.69) is 36.1 Å². The first kappa shape index (κ1) is 15.0. The van der Waals surface area contributed by atoms with Gasteiger partial charge in [0, 0.05) is 38.6 Å². The zero-order valence-electron chi connectivity index (χ0n) is 12.5. The smallest absolute Gasteiger partial charge is 0.293 e. The summed E-state index contributed by atoms with van der Waals surface area (Å²) >= 11 is 0. The molecule has 20 heavy (non-hydrogen) atoms. The van der Waals surface area contributed by atoms with Gasteiger partial charge in [0.25, 0.3) is 5.56 Å². The number of hydrogen-bond donors (Lipinski definition) is 1. The van der Waals surface area contributed by atoms with E-state index in [9.17, 15) is 4.79 Å². The summed E-state index contributed by atoms with van der Waals surface area (Å²) in [6, 6.07) is 0. The summed E-state index contributed by atoms with van der Waals surface area (Å²) in [5.74, 6) is 0.836. The molecule has 0 amide bonds. The summed E-state index contributed by atoms with van der Waals surface area (Å²) in [6.07, 6.45) is 3.51. The molecule has 1 aliphatic heterocycles. The van der Waals surface area contributed by atoms with Crippen LogP contribution < -0.4 is 10.9 Å². The van der Waals surface area contributed by atoms with Gasteiger partial charge in [-0.2, -0.15) is 0 Å². The molecule has 0 radical (unpaired) electrons. The van der Waals surface area contributed by atoms with Crippen LogP contribution in [0.25, 0.3) is 0 Å². The Morgan fingerprint density at radius 3 is 3.05 bits per heavy atom. The van der Waals surface area contributed by atoms with Crippen LogP contribution in [-0.2, 0) is 11.3 Å². The molecule has 0 saturated carbocycles. The van der Waals surface area contributed by atoms with Crippen LogP contribution in [0.4, 0.5) is 5.82 Å². The fourth-order valence-electron chi connectivity index (χ4n) is 2.31. The molecule has 6 nitrogen and oxygen atoms in total. The molecule has 0 aliphatic carbocycles. The summed E-state index contributed by atoms with van der Waals surface area (Å²) < 4.78 is 7.37. The average molecular weight is 280 g/mol. The van der Waals surface area contributed by atoms with Crippen molar-refractivity contribution in [2.45, 2.75) is 26.5 Å². The van der Waals surface area contributed by atoms with E-state index in [4.69, 9.17) is 4.74 Å². The number of likely N-dealkylation sites (N-methyl/N-ethyl adjacent to an activating group) is 1. The maximum absolute atomic E-state index is 12.2. The lowest BCUT2D eigenvalue weighted by molar-refractivity contribution is -0.0117. The van der Waals surface area contributed by atoms with Gasteiger partial charge in [-0.05, 0) is 13.0 Å². The van der Waals surface area contributed by atoms with Gasteiger partial charge < -0.3 is 19.5 Å². The topological polar surface area (TPSA) is 59.4 Å². The van der Waals surface area contributed by atoms with Gasteiger partial charge in [0.1, 0.15) is 0 Å². The Morgan fingerprint density at radius 1 is 1.55 bits per heavy atom. The SMILES string of the molecule is CC(C)Cn1ccnc(NCC2CN(C)CCO2)c1=O. The molecule has 1 fully saturated rings. The lowest BCUT2D eigenvalue weighted by Gasteiger charge is -2.30. The number of rotatable bonds is 5. The molecular formula is C14H24N4O2. The lowest BCUT2D eigenvalue weighted by Crippen LogP contribution is -2.43. The molecule has 2 heterocycles. The van der Waals surface area contributed by atoms with Crippen molar-refractivity contribution in [2.24, 2.45) is 5.92 Å². The van der Waals surface area contributed by atoms with Crippen molar-refractivity contribution in [2.75, 3.05) is 38.6 Å². The Morgan fingerprint density at radius 2 is 2.35 bits per heavy atom. The minimum Gasteiger partial charge on any atom is -0.374 e. The van der Waals surface area contributed by atoms with Crippen LogP contribution in [0.5, 0.6) is 0 Å². The highest BCUT2D eigenvalue weighted by molar-refractivity contribution is 5.30. The molecule has 1 aliphatic rings. The average Bonchev–Trinajstić information content (AvgIpc) is 2.39. The van der Waals surface area contributed by atoms with Gasteiger partial charge in [0.2, 0.25) is 0 Å². The van der Waals surface area contributed by atoms with Crippen LogP contribution in [0.15, 0.2) is 17.2 Å². The number of ether oxygens (including phenoxy) is 1. The number of nitrogens with zero attached hydrogens (tertiary/aromatic N) is 3. The van der Waals surface area contributed by atoms with Crippen LogP contribution in [0.1, 0.15) is 13.8 Å². The first-order valence-electron chi connectivity index (χ1n) is 7.15. The summed E-state index contributed by atoms with van der Waals surface area (Å²) in [4.78, 5) is 18.6. The minimum absolute atomic E-state index is 0.0645. The molecule has 6 heteroatoms. The Labute approximate surface area is 119 Å². The predicted molar refractivity (Wildman–Crippen MR) is 79.1 cm³/mol. The van der Waals surface area contributed by atoms with Crippen molar-refractivity contribution in [3.05, 3.63) is 22.7 Å². The van der Waals surface area contributed by atoms with Gasteiger partial charge in [-0.1, -0.05) is 13.8 Å². The normalized spacial score (nSPS) is 20.3. The van der Waals surface area contributed by atoms with E-state index < -0.39 is 0 Å². The highest BCUT2D eigenvalue weighted by atomic mass is 16.5. The maximum atomic E-state index is 12.2. The fourth-order valence-corrected chi connectivity index (χ4v) is 2.31. The molecule has 1 atom stereocenters. The number of aromatic nitrogens is 2. The van der Waals surface area contributed by atoms with Gasteiger partial charge >= 0.3 is 0 Å². The zero-order valence-corrected chi connectivity index (χ0v) is 12.5. The molecule has 112 valence electrons. The third-order valence-electron chi connectivity index (χ3n) is 3.31. The Balaban J connectivity index is 1.97. The van der Waals surface area contributed by atoms with E-state index in [1.54, 1.807) is 17.0 Å². The van der Waals surface area contributed by atoms with Crippen LogP contribution in [0.3, 0.4) is 0 Å². The van der Waals surface area contributed by atoms with Gasteiger partial charge in [-0.3, -0.25) is 4.79 Å². The Hall–Kier alpha value is -1.40. The van der Waals surface area contributed by atoms with E-state index in [1.807, 2.05) is 0 Å². The van der Waals surface area contributed by atoms with E-state index in [-0.39, 0.29) is 11.7 Å². The molecule has 0 aromatic carbocycles. The van der Waals surface area contributed by atoms with Crippen molar-refractivity contribution in [3.8, 4) is 0 Å².